The molecular formula is C26H27N3O5. The summed E-state index contributed by atoms with van der Waals surface area (Å²) in [4.78, 5) is 41.6. The number of nitrogens with zero attached hydrogens (tertiary/aromatic N) is 2. The van der Waals surface area contributed by atoms with Gasteiger partial charge < -0.3 is 14.8 Å². The maximum atomic E-state index is 13.5. The van der Waals surface area contributed by atoms with Gasteiger partial charge in [-0.25, -0.2) is 4.79 Å². The molecule has 1 saturated heterocycles. The maximum Gasteiger partial charge on any atom is 0.332 e. The zero-order chi connectivity index (χ0) is 24.5. The van der Waals surface area contributed by atoms with E-state index in [0.717, 1.165) is 26.3 Å². The summed E-state index contributed by atoms with van der Waals surface area (Å²) in [5.74, 6) is -0.0724. The Labute approximate surface area is 198 Å². The second kappa shape index (κ2) is 9.05. The van der Waals surface area contributed by atoms with Crippen molar-refractivity contribution in [1.82, 2.24) is 9.80 Å². The lowest BCUT2D eigenvalue weighted by atomic mass is 9.77. The number of imide groups is 2. The summed E-state index contributed by atoms with van der Waals surface area (Å²) in [5.41, 5.74) is -0.0312. The Morgan fingerprint density at radius 1 is 0.824 bits per heavy atom. The number of hydrogen-bond acceptors (Lipinski definition) is 6. The molecule has 0 bridgehead atoms. The Balaban J connectivity index is 1.76. The molecule has 4 rings (SSSR count). The van der Waals surface area contributed by atoms with E-state index in [2.05, 4.69) is 5.32 Å². The fraction of sp³-hybridized carbons (Fsp3) is 0.269. The summed E-state index contributed by atoms with van der Waals surface area (Å²) in [5, 5.41) is 5.33. The van der Waals surface area contributed by atoms with E-state index in [0.29, 0.717) is 17.1 Å². The smallest absolute Gasteiger partial charge is 0.332 e. The lowest BCUT2D eigenvalue weighted by Crippen LogP contribution is -2.65. The monoisotopic (exact) mass is 461 g/mol. The summed E-state index contributed by atoms with van der Waals surface area (Å²) in [7, 11) is 5.86. The zero-order valence-corrected chi connectivity index (χ0v) is 19.6. The Morgan fingerprint density at radius 3 is 2.15 bits per heavy atom. The van der Waals surface area contributed by atoms with Gasteiger partial charge in [-0.05, 0) is 35.6 Å². The van der Waals surface area contributed by atoms with Crippen LogP contribution in [0.2, 0.25) is 0 Å². The average molecular weight is 462 g/mol. The number of methoxy groups -OCH3 is 2. The van der Waals surface area contributed by atoms with Crippen molar-refractivity contribution in [2.45, 2.75) is 6.42 Å². The van der Waals surface area contributed by atoms with Gasteiger partial charge in [0, 0.05) is 31.7 Å². The number of nitrogens with one attached hydrogen (secondary N) is 1. The lowest BCUT2D eigenvalue weighted by Gasteiger charge is -2.42. The van der Waals surface area contributed by atoms with Crippen LogP contribution in [0.3, 0.4) is 0 Å². The molecule has 1 fully saturated rings. The Hall–Kier alpha value is -4.07. The van der Waals surface area contributed by atoms with Gasteiger partial charge in [0.25, 0.3) is 0 Å². The first-order valence-corrected chi connectivity index (χ1v) is 10.8. The minimum atomic E-state index is -1.53. The SMILES string of the molecule is COc1ccc(CC2(CNc3cccc4ccccc34)C(=O)N(C)C(=O)N(C)C2=O)cc1OC. The fourth-order valence-electron chi connectivity index (χ4n) is 4.46. The van der Waals surface area contributed by atoms with Crippen LogP contribution in [0.25, 0.3) is 10.8 Å². The summed E-state index contributed by atoms with van der Waals surface area (Å²) in [6.07, 6.45) is 0.0742. The van der Waals surface area contributed by atoms with Crippen LogP contribution in [0, 0.1) is 5.41 Å². The number of hydrogen-bond donors (Lipinski definition) is 1. The van der Waals surface area contributed by atoms with Crippen LogP contribution >= 0.6 is 0 Å². The number of urea groups is 1. The van der Waals surface area contributed by atoms with Crippen molar-refractivity contribution >= 4 is 34.3 Å². The van der Waals surface area contributed by atoms with E-state index in [1.165, 1.54) is 28.3 Å². The zero-order valence-electron chi connectivity index (χ0n) is 19.6. The van der Waals surface area contributed by atoms with E-state index in [4.69, 9.17) is 9.47 Å². The third-order valence-electron chi connectivity index (χ3n) is 6.33. The minimum Gasteiger partial charge on any atom is -0.493 e. The minimum absolute atomic E-state index is 0.00891. The molecule has 0 radical (unpaired) electrons. The molecule has 3 aromatic rings. The topological polar surface area (TPSA) is 88.2 Å². The first-order valence-electron chi connectivity index (χ1n) is 10.8. The predicted molar refractivity (Wildman–Crippen MR) is 129 cm³/mol. The Kier molecular flexibility index (Phi) is 6.15. The van der Waals surface area contributed by atoms with Gasteiger partial charge in [0.15, 0.2) is 11.5 Å². The van der Waals surface area contributed by atoms with Gasteiger partial charge in [-0.15, -0.1) is 0 Å². The fourth-order valence-corrected chi connectivity index (χ4v) is 4.46. The van der Waals surface area contributed by atoms with Crippen LogP contribution in [-0.2, 0) is 16.0 Å². The number of benzene rings is 3. The van der Waals surface area contributed by atoms with Crippen molar-refractivity contribution in [3.8, 4) is 11.5 Å². The van der Waals surface area contributed by atoms with Gasteiger partial charge in [-0.1, -0.05) is 42.5 Å². The number of barbiturate groups is 1. The number of rotatable bonds is 7. The number of amides is 4. The van der Waals surface area contributed by atoms with Gasteiger partial charge in [0.2, 0.25) is 11.8 Å². The molecule has 3 aromatic carbocycles. The third kappa shape index (κ3) is 3.81. The molecular weight excluding hydrogens is 434 g/mol. The Morgan fingerprint density at radius 2 is 1.47 bits per heavy atom. The van der Waals surface area contributed by atoms with Gasteiger partial charge in [-0.2, -0.15) is 0 Å². The van der Waals surface area contributed by atoms with Crippen LogP contribution in [0.4, 0.5) is 10.5 Å². The van der Waals surface area contributed by atoms with Gasteiger partial charge in [0.1, 0.15) is 5.41 Å². The summed E-state index contributed by atoms with van der Waals surface area (Å²) in [6, 6.07) is 18.3. The molecule has 4 amide bonds. The summed E-state index contributed by atoms with van der Waals surface area (Å²) < 4.78 is 10.7. The maximum absolute atomic E-state index is 13.5. The number of carbonyl (C=O) groups is 3. The Bertz CT molecular complexity index is 1240. The number of anilines is 1. The van der Waals surface area contributed by atoms with Gasteiger partial charge >= 0.3 is 6.03 Å². The first-order chi connectivity index (χ1) is 16.3. The van der Waals surface area contributed by atoms with Crippen molar-refractivity contribution in [3.63, 3.8) is 0 Å². The second-order valence-corrected chi connectivity index (χ2v) is 8.34. The van der Waals surface area contributed by atoms with E-state index in [1.54, 1.807) is 18.2 Å². The van der Waals surface area contributed by atoms with Crippen LogP contribution in [0.1, 0.15) is 5.56 Å². The average Bonchev–Trinajstić information content (AvgIpc) is 2.88. The number of fused-ring (bicyclic) bond motifs is 1. The van der Waals surface area contributed by atoms with Gasteiger partial charge in [-0.3, -0.25) is 19.4 Å². The number of ether oxygens (including phenoxy) is 2. The molecule has 0 atom stereocenters. The second-order valence-electron chi connectivity index (χ2n) is 8.34. The molecule has 1 N–H and O–H groups in total. The third-order valence-corrected chi connectivity index (χ3v) is 6.33. The number of carbonyl (C=O) groups excluding carboxylic acids is 3. The molecule has 176 valence electrons. The molecule has 1 aliphatic heterocycles. The standard InChI is InChI=1S/C26H27N3O5/c1-28-23(30)26(24(31)29(2)25(28)32,15-17-12-13-21(33-3)22(14-17)34-4)16-27-20-11-7-9-18-8-5-6-10-19(18)20/h5-14,27H,15-16H2,1-4H3. The van der Waals surface area contributed by atoms with Crippen molar-refractivity contribution in [2.75, 3.05) is 40.2 Å². The first kappa shape index (κ1) is 23.1. The molecule has 0 unspecified atom stereocenters. The largest absolute Gasteiger partial charge is 0.493 e. The summed E-state index contributed by atoms with van der Waals surface area (Å²) >= 11 is 0. The van der Waals surface area contributed by atoms with Crippen molar-refractivity contribution < 1.29 is 23.9 Å². The molecule has 8 nitrogen and oxygen atoms in total. The predicted octanol–water partition coefficient (Wildman–Crippen LogP) is 3.55. The lowest BCUT2D eigenvalue weighted by molar-refractivity contribution is -0.156. The van der Waals surface area contributed by atoms with Crippen molar-refractivity contribution in [1.29, 1.82) is 0 Å². The summed E-state index contributed by atoms with van der Waals surface area (Å²) in [6.45, 7) is 0.00891. The van der Waals surface area contributed by atoms with Crippen molar-refractivity contribution in [2.24, 2.45) is 5.41 Å². The van der Waals surface area contributed by atoms with Crippen LogP contribution in [0.5, 0.6) is 11.5 Å². The molecule has 0 spiro atoms. The highest BCUT2D eigenvalue weighted by Crippen LogP contribution is 2.36. The molecule has 34 heavy (non-hydrogen) atoms. The van der Waals surface area contributed by atoms with E-state index in [9.17, 15) is 14.4 Å². The van der Waals surface area contributed by atoms with Crippen LogP contribution in [0.15, 0.2) is 60.7 Å². The quantitative estimate of drug-likeness (QED) is 0.542. The molecule has 1 heterocycles. The van der Waals surface area contributed by atoms with E-state index >= 15 is 0 Å². The van der Waals surface area contributed by atoms with Crippen LogP contribution < -0.4 is 14.8 Å². The highest BCUT2D eigenvalue weighted by atomic mass is 16.5. The molecule has 0 saturated carbocycles. The highest BCUT2D eigenvalue weighted by molar-refractivity contribution is 6.19. The molecule has 8 heteroatoms. The van der Waals surface area contributed by atoms with E-state index in [1.807, 2.05) is 42.5 Å². The van der Waals surface area contributed by atoms with Crippen molar-refractivity contribution in [3.05, 3.63) is 66.2 Å². The molecule has 0 aromatic heterocycles. The van der Waals surface area contributed by atoms with Crippen LogP contribution in [-0.4, -0.2) is 62.5 Å². The highest BCUT2D eigenvalue weighted by Gasteiger charge is 2.55. The molecule has 0 aliphatic carbocycles. The van der Waals surface area contributed by atoms with E-state index in [-0.39, 0.29) is 13.0 Å². The van der Waals surface area contributed by atoms with E-state index < -0.39 is 23.3 Å². The van der Waals surface area contributed by atoms with Gasteiger partial charge in [0.05, 0.1) is 14.2 Å². The molecule has 1 aliphatic rings. The normalized spacial score (nSPS) is 15.6.